The fourth-order valence-electron chi connectivity index (χ4n) is 1.07. The van der Waals surface area contributed by atoms with Gasteiger partial charge >= 0.3 is 0 Å². The topological polar surface area (TPSA) is 0 Å². The smallest absolute Gasteiger partial charge is 0.0666 e. The Balaban J connectivity index is 2.64. The quantitative estimate of drug-likeness (QED) is 0.399. The van der Waals surface area contributed by atoms with E-state index in [9.17, 15) is 0 Å². The Bertz CT molecular complexity index is 148. The Hall–Kier alpha value is -0.433. The molecular weight excluding hydrogens is 136 g/mol. The van der Waals surface area contributed by atoms with E-state index < -0.39 is 8.07 Å². The van der Waals surface area contributed by atoms with Gasteiger partial charge in [-0.3, -0.25) is 0 Å². The maximum atomic E-state index is 2.40. The van der Waals surface area contributed by atoms with E-state index in [2.05, 4.69) is 50.4 Å². The average molecular weight is 151 g/mol. The fourth-order valence-corrected chi connectivity index (χ4v) is 2.45. The minimum absolute atomic E-state index is 0.748. The van der Waals surface area contributed by atoms with Crippen molar-refractivity contribution in [2.24, 2.45) is 0 Å². The van der Waals surface area contributed by atoms with Crippen LogP contribution in [-0.4, -0.2) is 8.07 Å². The highest BCUT2D eigenvalue weighted by atomic mass is 28.3. The van der Waals surface area contributed by atoms with E-state index in [0.29, 0.717) is 0 Å². The second-order valence-electron chi connectivity index (χ2n) is 3.85. The normalized spacial score (nSPS) is 19.1. The Kier molecular flexibility index (Phi) is 2.04. The summed E-state index contributed by atoms with van der Waals surface area (Å²) < 4.78 is 0. The van der Waals surface area contributed by atoms with Crippen molar-refractivity contribution in [1.29, 1.82) is 0 Å². The maximum Gasteiger partial charge on any atom is 0.0880 e. The van der Waals surface area contributed by atoms with Crippen molar-refractivity contribution in [3.8, 4) is 0 Å². The number of rotatable bonds is 1. The van der Waals surface area contributed by atoms with Gasteiger partial charge in [0.2, 0.25) is 0 Å². The molecule has 0 nitrogen and oxygen atoms in total. The zero-order chi connectivity index (χ0) is 7.61. The first-order valence-corrected chi connectivity index (χ1v) is 7.37. The summed E-state index contributed by atoms with van der Waals surface area (Å²) in [7, 11) is -0.950. The Morgan fingerprint density at radius 3 is 1.90 bits per heavy atom. The summed E-state index contributed by atoms with van der Waals surface area (Å²) in [6, 6.07) is 0. The SMILES string of the molecule is C[Si](C)(C)C1C=C[CH+]C=C1. The molecule has 0 saturated heterocycles. The zero-order valence-electron chi connectivity index (χ0n) is 6.96. The second kappa shape index (κ2) is 2.66. The summed E-state index contributed by atoms with van der Waals surface area (Å²) in [5, 5.41) is 0. The van der Waals surface area contributed by atoms with E-state index >= 15 is 0 Å². The van der Waals surface area contributed by atoms with Crippen molar-refractivity contribution in [2.45, 2.75) is 25.2 Å². The predicted molar refractivity (Wildman–Crippen MR) is 49.7 cm³/mol. The number of hydrogen-bond donors (Lipinski definition) is 0. The lowest BCUT2D eigenvalue weighted by Crippen LogP contribution is -2.25. The molecule has 1 heteroatoms. The molecule has 10 heavy (non-hydrogen) atoms. The van der Waals surface area contributed by atoms with Crippen molar-refractivity contribution >= 4 is 8.07 Å². The minimum Gasteiger partial charge on any atom is -0.0666 e. The minimum atomic E-state index is -0.950. The molecule has 0 aromatic rings. The van der Waals surface area contributed by atoms with Gasteiger partial charge in [0, 0.05) is 30.7 Å². The first-order chi connectivity index (χ1) is 4.61. The van der Waals surface area contributed by atoms with Crippen molar-refractivity contribution in [2.75, 3.05) is 0 Å². The molecular formula is C9H15Si+. The Morgan fingerprint density at radius 2 is 1.60 bits per heavy atom. The van der Waals surface area contributed by atoms with Gasteiger partial charge < -0.3 is 0 Å². The van der Waals surface area contributed by atoms with Crippen LogP contribution < -0.4 is 0 Å². The van der Waals surface area contributed by atoms with E-state index in [0.717, 1.165) is 5.54 Å². The lowest BCUT2D eigenvalue weighted by Gasteiger charge is -2.19. The van der Waals surface area contributed by atoms with Crippen molar-refractivity contribution in [3.05, 3.63) is 30.7 Å². The first kappa shape index (κ1) is 7.67. The van der Waals surface area contributed by atoms with Crippen LogP contribution in [0.5, 0.6) is 0 Å². The van der Waals surface area contributed by atoms with Gasteiger partial charge in [-0.15, -0.1) is 0 Å². The van der Waals surface area contributed by atoms with E-state index in [1.165, 1.54) is 0 Å². The molecule has 54 valence electrons. The fraction of sp³-hybridized carbons (Fsp3) is 0.444. The zero-order valence-corrected chi connectivity index (χ0v) is 7.96. The highest BCUT2D eigenvalue weighted by Crippen LogP contribution is 2.26. The van der Waals surface area contributed by atoms with Gasteiger partial charge in [0.25, 0.3) is 0 Å². The molecule has 0 aromatic heterocycles. The standard InChI is InChI=1S/C9H15Si/c1-10(2,3)9-7-5-4-6-8-9/h4-9H,1-3H3/q+1. The summed E-state index contributed by atoms with van der Waals surface area (Å²) in [6.45, 7) is 7.20. The molecule has 0 heterocycles. The van der Waals surface area contributed by atoms with Crippen LogP contribution in [0.1, 0.15) is 0 Å². The molecule has 0 N–H and O–H groups in total. The predicted octanol–water partition coefficient (Wildman–Crippen LogP) is 3.03. The molecule has 0 unspecified atom stereocenters. The first-order valence-electron chi connectivity index (χ1n) is 3.79. The average Bonchev–Trinajstić information content (AvgIpc) is 1.88. The van der Waals surface area contributed by atoms with Gasteiger partial charge in [-0.25, -0.2) is 0 Å². The molecule has 0 aromatic carbocycles. The molecule has 1 rings (SSSR count). The van der Waals surface area contributed by atoms with E-state index in [1.807, 2.05) is 0 Å². The third-order valence-electron chi connectivity index (χ3n) is 1.86. The van der Waals surface area contributed by atoms with Crippen LogP contribution in [0.2, 0.25) is 25.2 Å². The van der Waals surface area contributed by atoms with Crippen LogP contribution in [0.15, 0.2) is 24.3 Å². The van der Waals surface area contributed by atoms with E-state index in [4.69, 9.17) is 0 Å². The van der Waals surface area contributed by atoms with Crippen LogP contribution >= 0.6 is 0 Å². The third-order valence-corrected chi connectivity index (χ3v) is 4.24. The largest absolute Gasteiger partial charge is 0.0880 e. The molecule has 1 aliphatic rings. The highest BCUT2D eigenvalue weighted by Gasteiger charge is 2.27. The van der Waals surface area contributed by atoms with Crippen molar-refractivity contribution < 1.29 is 0 Å². The molecule has 0 spiro atoms. The van der Waals surface area contributed by atoms with Crippen molar-refractivity contribution in [1.82, 2.24) is 0 Å². The molecule has 0 saturated carbocycles. The van der Waals surface area contributed by atoms with Crippen LogP contribution in [0.3, 0.4) is 0 Å². The summed E-state index contributed by atoms with van der Waals surface area (Å²) in [5.74, 6) is 0. The summed E-state index contributed by atoms with van der Waals surface area (Å²) in [5.41, 5.74) is 0.748. The monoisotopic (exact) mass is 151 g/mol. The van der Waals surface area contributed by atoms with Gasteiger partial charge in [0.05, 0.1) is 13.6 Å². The Morgan fingerprint density at radius 1 is 1.10 bits per heavy atom. The molecule has 1 aliphatic carbocycles. The van der Waals surface area contributed by atoms with Crippen LogP contribution in [0, 0.1) is 6.42 Å². The summed E-state index contributed by atoms with van der Waals surface area (Å²) in [4.78, 5) is 0. The van der Waals surface area contributed by atoms with E-state index in [-0.39, 0.29) is 0 Å². The number of allylic oxidation sites excluding steroid dienone is 4. The molecule has 0 aliphatic heterocycles. The highest BCUT2D eigenvalue weighted by molar-refractivity contribution is 6.78. The van der Waals surface area contributed by atoms with Gasteiger partial charge in [-0.2, -0.15) is 0 Å². The molecule has 0 amide bonds. The van der Waals surface area contributed by atoms with Gasteiger partial charge in [0.15, 0.2) is 0 Å². The van der Waals surface area contributed by atoms with Crippen LogP contribution in [-0.2, 0) is 0 Å². The Labute approximate surface area is 64.7 Å². The summed E-state index contributed by atoms with van der Waals surface area (Å²) >= 11 is 0. The van der Waals surface area contributed by atoms with Gasteiger partial charge in [-0.05, 0) is 0 Å². The molecule has 0 fully saturated rings. The molecule has 0 atom stereocenters. The number of hydrogen-bond acceptors (Lipinski definition) is 0. The van der Waals surface area contributed by atoms with Crippen LogP contribution in [0.4, 0.5) is 0 Å². The maximum absolute atomic E-state index is 2.40. The van der Waals surface area contributed by atoms with Gasteiger partial charge in [0.1, 0.15) is 0 Å². The lowest BCUT2D eigenvalue weighted by atomic mass is 10.2. The van der Waals surface area contributed by atoms with Crippen molar-refractivity contribution in [3.63, 3.8) is 0 Å². The van der Waals surface area contributed by atoms with E-state index in [1.54, 1.807) is 0 Å². The lowest BCUT2D eigenvalue weighted by molar-refractivity contribution is 1.23. The van der Waals surface area contributed by atoms with Crippen LogP contribution in [0.25, 0.3) is 0 Å². The molecule has 0 bridgehead atoms. The summed E-state index contributed by atoms with van der Waals surface area (Å²) in [6.07, 6.45) is 11.0. The molecule has 0 radical (unpaired) electrons. The second-order valence-corrected chi connectivity index (χ2v) is 9.25. The third kappa shape index (κ3) is 1.77. The van der Waals surface area contributed by atoms with Gasteiger partial charge in [-0.1, -0.05) is 19.6 Å².